The summed E-state index contributed by atoms with van der Waals surface area (Å²) in [4.78, 5) is 13.8. The van der Waals surface area contributed by atoms with Gasteiger partial charge < -0.3 is 19.7 Å². The highest BCUT2D eigenvalue weighted by atomic mass is 16.5. The predicted octanol–water partition coefficient (Wildman–Crippen LogP) is 2.32. The Morgan fingerprint density at radius 2 is 1.71 bits per heavy atom. The Hall–Kier alpha value is -2.53. The molecule has 2 aromatic carbocycles. The molecular formula is C19H24N2O3. The fourth-order valence-electron chi connectivity index (χ4n) is 2.19. The maximum absolute atomic E-state index is 12.1. The molecule has 5 heteroatoms. The average molecular weight is 328 g/mol. The van der Waals surface area contributed by atoms with Gasteiger partial charge in [-0.3, -0.25) is 4.79 Å². The van der Waals surface area contributed by atoms with Gasteiger partial charge in [0, 0.05) is 20.1 Å². The van der Waals surface area contributed by atoms with E-state index in [0.29, 0.717) is 26.2 Å². The Morgan fingerprint density at radius 1 is 1.04 bits per heavy atom. The molecule has 1 N–H and O–H groups in total. The van der Waals surface area contributed by atoms with Gasteiger partial charge in [-0.25, -0.2) is 0 Å². The number of carbonyl (C=O) groups excluding carboxylic acids is 1. The van der Waals surface area contributed by atoms with Crippen molar-refractivity contribution in [2.75, 3.05) is 33.9 Å². The Bertz CT molecular complexity index is 614. The van der Waals surface area contributed by atoms with Crippen molar-refractivity contribution >= 4 is 5.91 Å². The zero-order chi connectivity index (χ0) is 17.2. The topological polar surface area (TPSA) is 50.8 Å². The van der Waals surface area contributed by atoms with Gasteiger partial charge in [0.25, 0.3) is 0 Å². The number of methoxy groups -OCH3 is 1. The van der Waals surface area contributed by atoms with Crippen molar-refractivity contribution < 1.29 is 14.3 Å². The number of nitrogens with zero attached hydrogens (tertiary/aromatic N) is 1. The van der Waals surface area contributed by atoms with Gasteiger partial charge >= 0.3 is 0 Å². The summed E-state index contributed by atoms with van der Waals surface area (Å²) >= 11 is 0. The molecule has 0 aromatic heterocycles. The normalized spacial score (nSPS) is 10.2. The zero-order valence-corrected chi connectivity index (χ0v) is 14.2. The molecular weight excluding hydrogens is 304 g/mol. The molecule has 5 nitrogen and oxygen atoms in total. The van der Waals surface area contributed by atoms with Gasteiger partial charge in [0.1, 0.15) is 18.1 Å². The van der Waals surface area contributed by atoms with Crippen LogP contribution in [0.2, 0.25) is 0 Å². The van der Waals surface area contributed by atoms with Crippen LogP contribution < -0.4 is 14.8 Å². The summed E-state index contributed by atoms with van der Waals surface area (Å²) in [5.41, 5.74) is 1.12. The third-order valence-electron chi connectivity index (χ3n) is 3.57. The van der Waals surface area contributed by atoms with E-state index in [4.69, 9.17) is 9.47 Å². The SMILES string of the molecule is COc1ccc(OCCNCC(=O)N(C)Cc2ccccc2)cc1. The third kappa shape index (κ3) is 5.93. The van der Waals surface area contributed by atoms with Crippen LogP contribution in [0.3, 0.4) is 0 Å². The Labute approximate surface area is 143 Å². The first-order valence-electron chi connectivity index (χ1n) is 7.94. The summed E-state index contributed by atoms with van der Waals surface area (Å²) in [5, 5.41) is 3.10. The minimum atomic E-state index is 0.0586. The Kier molecular flexibility index (Phi) is 7.11. The van der Waals surface area contributed by atoms with Gasteiger partial charge in [-0.05, 0) is 29.8 Å². The number of likely N-dealkylation sites (N-methyl/N-ethyl adjacent to an activating group) is 1. The molecule has 0 fully saturated rings. The number of hydrogen-bond acceptors (Lipinski definition) is 4. The fraction of sp³-hybridized carbons (Fsp3) is 0.316. The van der Waals surface area contributed by atoms with Gasteiger partial charge in [0.15, 0.2) is 0 Å². The number of hydrogen-bond donors (Lipinski definition) is 1. The standard InChI is InChI=1S/C19H24N2O3/c1-21(15-16-6-4-3-5-7-16)19(22)14-20-12-13-24-18-10-8-17(23-2)9-11-18/h3-11,20H,12-15H2,1-2H3. The number of rotatable bonds is 9. The molecule has 0 radical (unpaired) electrons. The average Bonchev–Trinajstić information content (AvgIpc) is 2.62. The van der Waals surface area contributed by atoms with E-state index in [1.54, 1.807) is 12.0 Å². The van der Waals surface area contributed by atoms with Crippen LogP contribution in [-0.2, 0) is 11.3 Å². The molecule has 0 atom stereocenters. The van der Waals surface area contributed by atoms with Gasteiger partial charge in [-0.2, -0.15) is 0 Å². The van der Waals surface area contributed by atoms with Crippen LogP contribution in [0.15, 0.2) is 54.6 Å². The van der Waals surface area contributed by atoms with E-state index in [1.807, 2.05) is 61.6 Å². The molecule has 0 aliphatic carbocycles. The first-order chi connectivity index (χ1) is 11.7. The lowest BCUT2D eigenvalue weighted by Gasteiger charge is -2.17. The third-order valence-corrected chi connectivity index (χ3v) is 3.57. The van der Waals surface area contributed by atoms with E-state index in [2.05, 4.69) is 5.32 Å². The van der Waals surface area contributed by atoms with Crippen molar-refractivity contribution in [1.29, 1.82) is 0 Å². The Balaban J connectivity index is 1.61. The number of ether oxygens (including phenoxy) is 2. The van der Waals surface area contributed by atoms with Crippen LogP contribution in [0.25, 0.3) is 0 Å². The van der Waals surface area contributed by atoms with E-state index < -0.39 is 0 Å². The van der Waals surface area contributed by atoms with E-state index >= 15 is 0 Å². The maximum Gasteiger partial charge on any atom is 0.236 e. The first kappa shape index (κ1) is 17.8. The van der Waals surface area contributed by atoms with Gasteiger partial charge in [0.05, 0.1) is 13.7 Å². The highest BCUT2D eigenvalue weighted by molar-refractivity contribution is 5.77. The first-order valence-corrected chi connectivity index (χ1v) is 7.94. The molecule has 0 spiro atoms. The predicted molar refractivity (Wildman–Crippen MR) is 94.3 cm³/mol. The smallest absolute Gasteiger partial charge is 0.236 e. The lowest BCUT2D eigenvalue weighted by Crippen LogP contribution is -2.36. The van der Waals surface area contributed by atoms with Gasteiger partial charge in [0.2, 0.25) is 5.91 Å². The molecule has 128 valence electrons. The molecule has 2 aromatic rings. The lowest BCUT2D eigenvalue weighted by atomic mass is 10.2. The molecule has 0 heterocycles. The molecule has 0 aliphatic heterocycles. The number of amides is 1. The zero-order valence-electron chi connectivity index (χ0n) is 14.2. The van der Waals surface area contributed by atoms with E-state index in [9.17, 15) is 4.79 Å². The van der Waals surface area contributed by atoms with Crippen LogP contribution in [0, 0.1) is 0 Å². The van der Waals surface area contributed by atoms with Crippen molar-refractivity contribution in [1.82, 2.24) is 10.2 Å². The fourth-order valence-corrected chi connectivity index (χ4v) is 2.19. The number of benzene rings is 2. The van der Waals surface area contributed by atoms with Crippen molar-refractivity contribution in [3.63, 3.8) is 0 Å². The van der Waals surface area contributed by atoms with Gasteiger partial charge in [-0.1, -0.05) is 30.3 Å². The molecule has 0 saturated heterocycles. The van der Waals surface area contributed by atoms with E-state index in [-0.39, 0.29) is 5.91 Å². The minimum Gasteiger partial charge on any atom is -0.497 e. The van der Waals surface area contributed by atoms with Crippen LogP contribution >= 0.6 is 0 Å². The molecule has 0 unspecified atom stereocenters. The molecule has 0 bridgehead atoms. The second-order valence-corrected chi connectivity index (χ2v) is 5.44. The molecule has 24 heavy (non-hydrogen) atoms. The molecule has 0 saturated carbocycles. The quantitative estimate of drug-likeness (QED) is 0.718. The van der Waals surface area contributed by atoms with Crippen LogP contribution in [0.5, 0.6) is 11.5 Å². The second kappa shape index (κ2) is 9.57. The van der Waals surface area contributed by atoms with E-state index in [1.165, 1.54) is 0 Å². The van der Waals surface area contributed by atoms with Crippen molar-refractivity contribution in [2.45, 2.75) is 6.54 Å². The molecule has 1 amide bonds. The largest absolute Gasteiger partial charge is 0.497 e. The second-order valence-electron chi connectivity index (χ2n) is 5.44. The van der Waals surface area contributed by atoms with Crippen LogP contribution in [-0.4, -0.2) is 44.7 Å². The monoisotopic (exact) mass is 328 g/mol. The van der Waals surface area contributed by atoms with Crippen molar-refractivity contribution in [3.8, 4) is 11.5 Å². The van der Waals surface area contributed by atoms with Crippen LogP contribution in [0.4, 0.5) is 0 Å². The summed E-state index contributed by atoms with van der Waals surface area (Å²) in [6.45, 7) is 2.03. The number of carbonyl (C=O) groups is 1. The van der Waals surface area contributed by atoms with Gasteiger partial charge in [-0.15, -0.1) is 0 Å². The molecule has 0 aliphatic rings. The highest BCUT2D eigenvalue weighted by Gasteiger charge is 2.08. The Morgan fingerprint density at radius 3 is 2.38 bits per heavy atom. The van der Waals surface area contributed by atoms with E-state index in [0.717, 1.165) is 17.1 Å². The van der Waals surface area contributed by atoms with Crippen LogP contribution in [0.1, 0.15) is 5.56 Å². The van der Waals surface area contributed by atoms with Crippen molar-refractivity contribution in [3.05, 3.63) is 60.2 Å². The summed E-state index contributed by atoms with van der Waals surface area (Å²) in [7, 11) is 3.44. The highest BCUT2D eigenvalue weighted by Crippen LogP contribution is 2.16. The number of nitrogens with one attached hydrogen (secondary N) is 1. The molecule has 2 rings (SSSR count). The maximum atomic E-state index is 12.1. The summed E-state index contributed by atoms with van der Waals surface area (Å²) in [5.74, 6) is 1.64. The summed E-state index contributed by atoms with van der Waals surface area (Å²) in [6, 6.07) is 17.4. The van der Waals surface area contributed by atoms with Crippen molar-refractivity contribution in [2.24, 2.45) is 0 Å². The minimum absolute atomic E-state index is 0.0586. The summed E-state index contributed by atoms with van der Waals surface area (Å²) in [6.07, 6.45) is 0. The lowest BCUT2D eigenvalue weighted by molar-refractivity contribution is -0.129. The summed E-state index contributed by atoms with van der Waals surface area (Å²) < 4.78 is 10.7.